The molecule has 78 valence electrons. The fourth-order valence-electron chi connectivity index (χ4n) is 0.958. The molecule has 0 aromatic carbocycles. The van der Waals surface area contributed by atoms with Crippen molar-refractivity contribution in [3.05, 3.63) is 0 Å². The summed E-state index contributed by atoms with van der Waals surface area (Å²) < 4.78 is 5.52. The van der Waals surface area contributed by atoms with Crippen LogP contribution in [0.1, 0.15) is 40.0 Å². The van der Waals surface area contributed by atoms with Crippen LogP contribution in [0, 0.1) is 0 Å². The van der Waals surface area contributed by atoms with Gasteiger partial charge in [0.05, 0.1) is 6.10 Å². The van der Waals surface area contributed by atoms with Gasteiger partial charge in [-0.3, -0.25) is 4.79 Å². The molecule has 0 fully saturated rings. The van der Waals surface area contributed by atoms with Crippen molar-refractivity contribution in [1.82, 2.24) is 5.32 Å². The Hall–Kier alpha value is -0.570. The second-order valence-electron chi connectivity index (χ2n) is 3.06. The third-order valence-corrected chi connectivity index (χ3v) is 1.86. The number of carbonyl (C=O) groups is 1. The SMILES string of the molecule is CCCOC(CC)CNC(=O)CC. The first-order valence-corrected chi connectivity index (χ1v) is 5.12. The van der Waals surface area contributed by atoms with E-state index in [1.807, 2.05) is 6.92 Å². The van der Waals surface area contributed by atoms with Crippen molar-refractivity contribution in [2.75, 3.05) is 13.2 Å². The lowest BCUT2D eigenvalue weighted by Gasteiger charge is -2.15. The molecule has 1 N–H and O–H groups in total. The molecule has 1 amide bonds. The molecule has 1 unspecified atom stereocenters. The molecule has 0 aromatic heterocycles. The summed E-state index contributed by atoms with van der Waals surface area (Å²) in [5.41, 5.74) is 0. The third kappa shape index (κ3) is 6.58. The smallest absolute Gasteiger partial charge is 0.219 e. The molecule has 0 rings (SSSR count). The number of nitrogens with one attached hydrogen (secondary N) is 1. The number of ether oxygens (including phenoxy) is 1. The molecule has 0 heterocycles. The van der Waals surface area contributed by atoms with E-state index in [0.29, 0.717) is 13.0 Å². The molecule has 0 aliphatic rings. The van der Waals surface area contributed by atoms with E-state index in [1.54, 1.807) is 0 Å². The predicted molar refractivity (Wildman–Crippen MR) is 53.6 cm³/mol. The van der Waals surface area contributed by atoms with E-state index in [0.717, 1.165) is 19.4 Å². The number of hydrogen-bond acceptors (Lipinski definition) is 2. The molecular formula is C10H21NO2. The third-order valence-electron chi connectivity index (χ3n) is 1.86. The van der Waals surface area contributed by atoms with Crippen molar-refractivity contribution in [3.8, 4) is 0 Å². The van der Waals surface area contributed by atoms with Crippen molar-refractivity contribution in [1.29, 1.82) is 0 Å². The maximum atomic E-state index is 10.9. The maximum absolute atomic E-state index is 10.9. The zero-order chi connectivity index (χ0) is 10.1. The Kier molecular flexibility index (Phi) is 7.69. The van der Waals surface area contributed by atoms with Crippen LogP contribution in [0.3, 0.4) is 0 Å². The first-order valence-electron chi connectivity index (χ1n) is 5.12. The van der Waals surface area contributed by atoms with Crippen molar-refractivity contribution in [2.24, 2.45) is 0 Å². The average Bonchev–Trinajstić information content (AvgIpc) is 2.17. The van der Waals surface area contributed by atoms with Crippen LogP contribution in [-0.4, -0.2) is 25.2 Å². The first-order chi connectivity index (χ1) is 6.24. The molecule has 0 bridgehead atoms. The molecule has 0 spiro atoms. The van der Waals surface area contributed by atoms with Gasteiger partial charge >= 0.3 is 0 Å². The van der Waals surface area contributed by atoms with Crippen LogP contribution in [0.2, 0.25) is 0 Å². The highest BCUT2D eigenvalue weighted by Gasteiger charge is 2.06. The molecule has 0 saturated heterocycles. The monoisotopic (exact) mass is 187 g/mol. The highest BCUT2D eigenvalue weighted by molar-refractivity contribution is 5.75. The lowest BCUT2D eigenvalue weighted by Crippen LogP contribution is -2.33. The minimum atomic E-state index is 0.0959. The van der Waals surface area contributed by atoms with Gasteiger partial charge in [0.1, 0.15) is 0 Å². The summed E-state index contributed by atoms with van der Waals surface area (Å²) in [6.07, 6.45) is 2.70. The van der Waals surface area contributed by atoms with E-state index in [1.165, 1.54) is 0 Å². The van der Waals surface area contributed by atoms with Crippen molar-refractivity contribution >= 4 is 5.91 Å². The second-order valence-corrected chi connectivity index (χ2v) is 3.06. The van der Waals surface area contributed by atoms with Gasteiger partial charge < -0.3 is 10.1 Å². The number of hydrogen-bond donors (Lipinski definition) is 1. The quantitative estimate of drug-likeness (QED) is 0.659. The Morgan fingerprint density at radius 2 is 2.08 bits per heavy atom. The minimum absolute atomic E-state index is 0.0959. The fraction of sp³-hybridized carbons (Fsp3) is 0.900. The Bertz CT molecular complexity index is 137. The van der Waals surface area contributed by atoms with Gasteiger partial charge in [0.2, 0.25) is 5.91 Å². The molecule has 0 aromatic rings. The summed E-state index contributed by atoms with van der Waals surface area (Å²) in [7, 11) is 0. The minimum Gasteiger partial charge on any atom is -0.376 e. The lowest BCUT2D eigenvalue weighted by molar-refractivity contribution is -0.121. The van der Waals surface area contributed by atoms with E-state index < -0.39 is 0 Å². The zero-order valence-corrected chi connectivity index (χ0v) is 8.93. The molecule has 1 atom stereocenters. The lowest BCUT2D eigenvalue weighted by atomic mass is 10.2. The van der Waals surface area contributed by atoms with E-state index in [9.17, 15) is 4.79 Å². The summed E-state index contributed by atoms with van der Waals surface area (Å²) in [6, 6.07) is 0. The van der Waals surface area contributed by atoms with Gasteiger partial charge in [0, 0.05) is 19.6 Å². The molecule has 13 heavy (non-hydrogen) atoms. The summed E-state index contributed by atoms with van der Waals surface area (Å²) >= 11 is 0. The van der Waals surface area contributed by atoms with Gasteiger partial charge in [-0.15, -0.1) is 0 Å². The predicted octanol–water partition coefficient (Wildman–Crippen LogP) is 1.72. The van der Waals surface area contributed by atoms with Gasteiger partial charge in [0.25, 0.3) is 0 Å². The van der Waals surface area contributed by atoms with Crippen molar-refractivity contribution in [3.63, 3.8) is 0 Å². The maximum Gasteiger partial charge on any atom is 0.219 e. The zero-order valence-electron chi connectivity index (χ0n) is 8.93. The summed E-state index contributed by atoms with van der Waals surface area (Å²) in [5, 5.41) is 2.83. The molecule has 0 radical (unpaired) electrons. The van der Waals surface area contributed by atoms with E-state index >= 15 is 0 Å². The van der Waals surface area contributed by atoms with Crippen LogP contribution >= 0.6 is 0 Å². The Morgan fingerprint density at radius 3 is 2.54 bits per heavy atom. The van der Waals surface area contributed by atoms with E-state index in [2.05, 4.69) is 19.2 Å². The average molecular weight is 187 g/mol. The van der Waals surface area contributed by atoms with Crippen LogP contribution in [-0.2, 0) is 9.53 Å². The number of carbonyl (C=O) groups excluding carboxylic acids is 1. The van der Waals surface area contributed by atoms with Crippen LogP contribution in [0.4, 0.5) is 0 Å². The van der Waals surface area contributed by atoms with Gasteiger partial charge in [-0.1, -0.05) is 20.8 Å². The Balaban J connectivity index is 3.52. The second kappa shape index (κ2) is 8.05. The molecule has 3 nitrogen and oxygen atoms in total. The largest absolute Gasteiger partial charge is 0.376 e. The van der Waals surface area contributed by atoms with Crippen LogP contribution < -0.4 is 5.32 Å². The topological polar surface area (TPSA) is 38.3 Å². The van der Waals surface area contributed by atoms with Crippen LogP contribution in [0.15, 0.2) is 0 Å². The Labute approximate surface area is 80.8 Å². The van der Waals surface area contributed by atoms with Crippen molar-refractivity contribution < 1.29 is 9.53 Å². The number of amides is 1. The van der Waals surface area contributed by atoms with Crippen molar-refractivity contribution in [2.45, 2.75) is 46.1 Å². The van der Waals surface area contributed by atoms with Crippen LogP contribution in [0.25, 0.3) is 0 Å². The summed E-state index contributed by atoms with van der Waals surface area (Å²) in [5.74, 6) is 0.0959. The molecule has 0 saturated carbocycles. The fourth-order valence-corrected chi connectivity index (χ4v) is 0.958. The van der Waals surface area contributed by atoms with Crippen LogP contribution in [0.5, 0.6) is 0 Å². The van der Waals surface area contributed by atoms with E-state index in [4.69, 9.17) is 4.74 Å². The highest BCUT2D eigenvalue weighted by Crippen LogP contribution is 1.97. The van der Waals surface area contributed by atoms with Gasteiger partial charge in [-0.25, -0.2) is 0 Å². The molecule has 3 heteroatoms. The van der Waals surface area contributed by atoms with E-state index in [-0.39, 0.29) is 12.0 Å². The molecule has 0 aliphatic carbocycles. The molecular weight excluding hydrogens is 166 g/mol. The van der Waals surface area contributed by atoms with Gasteiger partial charge in [0.15, 0.2) is 0 Å². The summed E-state index contributed by atoms with van der Waals surface area (Å²) in [4.78, 5) is 10.9. The normalized spacial score (nSPS) is 12.5. The van der Waals surface area contributed by atoms with Gasteiger partial charge in [-0.05, 0) is 12.8 Å². The van der Waals surface area contributed by atoms with Gasteiger partial charge in [-0.2, -0.15) is 0 Å². The Morgan fingerprint density at radius 1 is 1.38 bits per heavy atom. The number of rotatable bonds is 7. The summed E-state index contributed by atoms with van der Waals surface area (Å²) in [6.45, 7) is 7.42. The first kappa shape index (κ1) is 12.4. The standard InChI is InChI=1S/C10H21NO2/c1-4-7-13-9(5-2)8-11-10(12)6-3/h9H,4-8H2,1-3H3,(H,11,12). The molecule has 0 aliphatic heterocycles. The highest BCUT2D eigenvalue weighted by atomic mass is 16.5.